The molecule has 25 heavy (non-hydrogen) atoms. The standard InChI is InChI=1S/C20H25N3O2/c1-4-5-19(24)22-17-9-7-16(8-10-17)21-13-20(25)23-18-11-6-14(2)12-15(18)3/h6-12,21H,4-5,13H2,1-3H3,(H,22,24)(H,23,25). The summed E-state index contributed by atoms with van der Waals surface area (Å²) in [7, 11) is 0. The predicted molar refractivity (Wildman–Crippen MR) is 103 cm³/mol. The number of hydrogen-bond donors (Lipinski definition) is 3. The Hall–Kier alpha value is -2.82. The molecule has 0 saturated heterocycles. The van der Waals surface area contributed by atoms with Crippen LogP contribution in [0.1, 0.15) is 30.9 Å². The van der Waals surface area contributed by atoms with Gasteiger partial charge in [0.15, 0.2) is 0 Å². The Morgan fingerprint density at radius 1 is 0.880 bits per heavy atom. The van der Waals surface area contributed by atoms with Crippen molar-refractivity contribution >= 4 is 28.9 Å². The van der Waals surface area contributed by atoms with Gasteiger partial charge in [-0.3, -0.25) is 9.59 Å². The van der Waals surface area contributed by atoms with E-state index in [0.29, 0.717) is 6.42 Å². The second kappa shape index (κ2) is 8.87. The van der Waals surface area contributed by atoms with Crippen molar-refractivity contribution in [1.82, 2.24) is 0 Å². The van der Waals surface area contributed by atoms with Gasteiger partial charge in [0.1, 0.15) is 0 Å². The molecule has 2 rings (SSSR count). The van der Waals surface area contributed by atoms with Crippen molar-refractivity contribution in [2.24, 2.45) is 0 Å². The van der Waals surface area contributed by atoms with Gasteiger partial charge in [0.2, 0.25) is 11.8 Å². The molecule has 0 spiro atoms. The molecule has 2 amide bonds. The Bertz CT molecular complexity index is 739. The van der Waals surface area contributed by atoms with Crippen LogP contribution in [0.15, 0.2) is 42.5 Å². The maximum absolute atomic E-state index is 12.1. The van der Waals surface area contributed by atoms with Gasteiger partial charge in [-0.25, -0.2) is 0 Å². The fourth-order valence-corrected chi connectivity index (χ4v) is 2.45. The van der Waals surface area contributed by atoms with Gasteiger partial charge in [0.25, 0.3) is 0 Å². The minimum atomic E-state index is -0.104. The van der Waals surface area contributed by atoms with Gasteiger partial charge in [-0.1, -0.05) is 24.6 Å². The normalized spacial score (nSPS) is 10.2. The summed E-state index contributed by atoms with van der Waals surface area (Å²) >= 11 is 0. The molecular weight excluding hydrogens is 314 g/mol. The van der Waals surface area contributed by atoms with Gasteiger partial charge in [-0.05, 0) is 56.2 Å². The van der Waals surface area contributed by atoms with Crippen LogP contribution in [0.25, 0.3) is 0 Å². The van der Waals surface area contributed by atoms with E-state index in [1.54, 1.807) is 0 Å². The summed E-state index contributed by atoms with van der Waals surface area (Å²) in [4.78, 5) is 23.6. The third-order valence-electron chi connectivity index (χ3n) is 3.75. The first-order valence-corrected chi connectivity index (χ1v) is 8.49. The molecule has 2 aromatic rings. The largest absolute Gasteiger partial charge is 0.376 e. The highest BCUT2D eigenvalue weighted by Crippen LogP contribution is 2.16. The minimum Gasteiger partial charge on any atom is -0.376 e. The van der Waals surface area contributed by atoms with Crippen LogP contribution in [0.4, 0.5) is 17.1 Å². The monoisotopic (exact) mass is 339 g/mol. The number of anilines is 3. The molecule has 2 aromatic carbocycles. The predicted octanol–water partition coefficient (Wildman–Crippen LogP) is 4.09. The Morgan fingerprint density at radius 2 is 1.56 bits per heavy atom. The second-order valence-corrected chi connectivity index (χ2v) is 6.10. The molecule has 0 radical (unpaired) electrons. The van der Waals surface area contributed by atoms with Crippen LogP contribution in [-0.4, -0.2) is 18.4 Å². The lowest BCUT2D eigenvalue weighted by Crippen LogP contribution is -2.22. The lowest BCUT2D eigenvalue weighted by Gasteiger charge is -2.11. The van der Waals surface area contributed by atoms with E-state index in [9.17, 15) is 9.59 Å². The lowest BCUT2D eigenvalue weighted by molar-refractivity contribution is -0.116. The molecule has 0 unspecified atom stereocenters. The SMILES string of the molecule is CCCC(=O)Nc1ccc(NCC(=O)Nc2ccc(C)cc2C)cc1. The fourth-order valence-electron chi connectivity index (χ4n) is 2.45. The fraction of sp³-hybridized carbons (Fsp3) is 0.300. The Kier molecular flexibility index (Phi) is 6.57. The highest BCUT2D eigenvalue weighted by atomic mass is 16.2. The third kappa shape index (κ3) is 5.95. The summed E-state index contributed by atoms with van der Waals surface area (Å²) in [5, 5.41) is 8.81. The molecule has 0 aliphatic heterocycles. The number of aryl methyl sites for hydroxylation is 2. The molecule has 3 N–H and O–H groups in total. The van der Waals surface area contributed by atoms with Crippen LogP contribution in [0, 0.1) is 13.8 Å². The van der Waals surface area contributed by atoms with Crippen molar-refractivity contribution in [2.45, 2.75) is 33.6 Å². The molecule has 0 heterocycles. The Morgan fingerprint density at radius 3 is 2.20 bits per heavy atom. The maximum Gasteiger partial charge on any atom is 0.243 e. The summed E-state index contributed by atoms with van der Waals surface area (Å²) in [6, 6.07) is 13.2. The molecule has 0 fully saturated rings. The highest BCUT2D eigenvalue weighted by Gasteiger charge is 2.05. The first kappa shape index (κ1) is 18.5. The number of carbonyl (C=O) groups is 2. The van der Waals surface area contributed by atoms with Crippen LogP contribution >= 0.6 is 0 Å². The van der Waals surface area contributed by atoms with E-state index < -0.39 is 0 Å². The summed E-state index contributed by atoms with van der Waals surface area (Å²) in [5.74, 6) is -0.0941. The van der Waals surface area contributed by atoms with Crippen LogP contribution in [-0.2, 0) is 9.59 Å². The second-order valence-electron chi connectivity index (χ2n) is 6.10. The number of nitrogens with one attached hydrogen (secondary N) is 3. The number of benzene rings is 2. The van der Waals surface area contributed by atoms with Crippen LogP contribution in [0.5, 0.6) is 0 Å². The zero-order valence-corrected chi connectivity index (χ0v) is 15.0. The summed E-state index contributed by atoms with van der Waals surface area (Å²) in [5.41, 5.74) is 4.61. The van der Waals surface area contributed by atoms with E-state index in [4.69, 9.17) is 0 Å². The molecule has 0 bridgehead atoms. The molecule has 0 aliphatic carbocycles. The van der Waals surface area contributed by atoms with E-state index in [1.807, 2.05) is 63.2 Å². The van der Waals surface area contributed by atoms with E-state index in [-0.39, 0.29) is 18.4 Å². The van der Waals surface area contributed by atoms with Gasteiger partial charge in [0, 0.05) is 23.5 Å². The van der Waals surface area contributed by atoms with E-state index >= 15 is 0 Å². The minimum absolute atomic E-state index is 0.0102. The molecule has 5 heteroatoms. The molecule has 5 nitrogen and oxygen atoms in total. The average molecular weight is 339 g/mol. The van der Waals surface area contributed by atoms with E-state index in [0.717, 1.165) is 29.0 Å². The number of carbonyl (C=O) groups excluding carboxylic acids is 2. The molecule has 0 aliphatic rings. The van der Waals surface area contributed by atoms with Crippen molar-refractivity contribution < 1.29 is 9.59 Å². The molecule has 0 aromatic heterocycles. The first-order chi connectivity index (χ1) is 12.0. The topological polar surface area (TPSA) is 70.2 Å². The summed E-state index contributed by atoms with van der Waals surface area (Å²) < 4.78 is 0. The van der Waals surface area contributed by atoms with Crippen molar-refractivity contribution in [1.29, 1.82) is 0 Å². The molecule has 0 saturated carbocycles. The van der Waals surface area contributed by atoms with Crippen molar-refractivity contribution in [3.63, 3.8) is 0 Å². The average Bonchev–Trinajstić information content (AvgIpc) is 2.57. The summed E-state index contributed by atoms with van der Waals surface area (Å²) in [6.45, 7) is 6.14. The smallest absolute Gasteiger partial charge is 0.243 e. The molecular formula is C20H25N3O2. The van der Waals surface area contributed by atoms with E-state index in [1.165, 1.54) is 5.56 Å². The Labute approximate surface area is 148 Å². The molecule has 132 valence electrons. The van der Waals surface area contributed by atoms with Crippen molar-refractivity contribution in [2.75, 3.05) is 22.5 Å². The Balaban J connectivity index is 1.84. The molecule has 0 atom stereocenters. The van der Waals surface area contributed by atoms with Gasteiger partial charge in [0.05, 0.1) is 6.54 Å². The zero-order chi connectivity index (χ0) is 18.2. The quantitative estimate of drug-likeness (QED) is 0.711. The van der Waals surface area contributed by atoms with Gasteiger partial charge < -0.3 is 16.0 Å². The first-order valence-electron chi connectivity index (χ1n) is 8.49. The number of rotatable bonds is 7. The van der Waals surface area contributed by atoms with E-state index in [2.05, 4.69) is 16.0 Å². The highest BCUT2D eigenvalue weighted by molar-refractivity contribution is 5.94. The summed E-state index contributed by atoms with van der Waals surface area (Å²) in [6.07, 6.45) is 1.33. The van der Waals surface area contributed by atoms with Gasteiger partial charge >= 0.3 is 0 Å². The van der Waals surface area contributed by atoms with Crippen molar-refractivity contribution in [3.05, 3.63) is 53.6 Å². The van der Waals surface area contributed by atoms with Gasteiger partial charge in [-0.2, -0.15) is 0 Å². The van der Waals surface area contributed by atoms with Crippen LogP contribution in [0.3, 0.4) is 0 Å². The lowest BCUT2D eigenvalue weighted by atomic mass is 10.1. The zero-order valence-electron chi connectivity index (χ0n) is 15.0. The third-order valence-corrected chi connectivity index (χ3v) is 3.75. The van der Waals surface area contributed by atoms with Crippen LogP contribution in [0.2, 0.25) is 0 Å². The number of hydrogen-bond acceptors (Lipinski definition) is 3. The maximum atomic E-state index is 12.1. The van der Waals surface area contributed by atoms with Crippen molar-refractivity contribution in [3.8, 4) is 0 Å². The number of amides is 2. The van der Waals surface area contributed by atoms with Gasteiger partial charge in [-0.15, -0.1) is 0 Å². The van der Waals surface area contributed by atoms with Crippen LogP contribution < -0.4 is 16.0 Å².